The Morgan fingerprint density at radius 1 is 0.857 bits per heavy atom. The van der Waals surface area contributed by atoms with Crippen LogP contribution in [0.4, 0.5) is 0 Å². The minimum absolute atomic E-state index is 0. The van der Waals surface area contributed by atoms with Gasteiger partial charge in [0.1, 0.15) is 5.75 Å². The molecule has 2 aromatic carbocycles. The summed E-state index contributed by atoms with van der Waals surface area (Å²) in [5.74, 6) is 0.0204. The standard InChI is InChI=1S/C10H8O7S2.2Na/c11-10-5-8(19-17-15-13)4-6-3-7(18-16-14-12)1-2-9(6)10;;/h1-5,11-13H;;/q;2*+1/p-2. The minimum Gasteiger partial charge on any atom is -0.691 e. The molecule has 0 radical (unpaired) electrons. The summed E-state index contributed by atoms with van der Waals surface area (Å²) in [7, 11) is 0. The number of hydrogen-bond donors (Lipinski definition) is 1. The van der Waals surface area contributed by atoms with Crippen LogP contribution in [-0.2, 0) is 18.7 Å². The van der Waals surface area contributed by atoms with E-state index in [9.17, 15) is 15.6 Å². The van der Waals surface area contributed by atoms with Crippen molar-refractivity contribution in [2.24, 2.45) is 0 Å². The maximum Gasteiger partial charge on any atom is 1.00 e. The van der Waals surface area contributed by atoms with Crippen LogP contribution < -0.4 is 69.6 Å². The molecule has 2 rings (SSSR count). The molecule has 0 bridgehead atoms. The number of benzene rings is 2. The predicted molar refractivity (Wildman–Crippen MR) is 61.7 cm³/mol. The summed E-state index contributed by atoms with van der Waals surface area (Å²) in [4.78, 5) is 1.08. The Bertz CT molecular complexity index is 567. The van der Waals surface area contributed by atoms with Crippen LogP contribution in [0.2, 0.25) is 0 Å². The van der Waals surface area contributed by atoms with E-state index in [1.807, 2.05) is 0 Å². The van der Waals surface area contributed by atoms with Crippen molar-refractivity contribution in [2.75, 3.05) is 0 Å². The first-order valence-electron chi connectivity index (χ1n) is 4.77. The minimum atomic E-state index is 0. The van der Waals surface area contributed by atoms with E-state index in [-0.39, 0.29) is 64.9 Å². The third kappa shape index (κ3) is 6.53. The first-order valence-corrected chi connectivity index (χ1v) is 6.26. The maximum atomic E-state index is 9.82. The zero-order chi connectivity index (χ0) is 13.7. The van der Waals surface area contributed by atoms with E-state index < -0.39 is 0 Å². The van der Waals surface area contributed by atoms with Crippen molar-refractivity contribution < 1.29 is 93.5 Å². The van der Waals surface area contributed by atoms with Crippen molar-refractivity contribution in [3.05, 3.63) is 30.3 Å². The zero-order valence-electron chi connectivity index (χ0n) is 11.1. The molecule has 0 aliphatic heterocycles. The summed E-state index contributed by atoms with van der Waals surface area (Å²) in [6.07, 6.45) is 0. The van der Waals surface area contributed by atoms with Gasteiger partial charge in [-0.25, -0.2) is 0 Å². The molecule has 102 valence electrons. The van der Waals surface area contributed by atoms with Crippen LogP contribution in [0.5, 0.6) is 5.75 Å². The Kier molecular flexibility index (Phi) is 12.0. The molecule has 0 spiro atoms. The molecule has 2 aromatic rings. The van der Waals surface area contributed by atoms with Gasteiger partial charge in [0.25, 0.3) is 0 Å². The molecule has 1 N–H and O–H groups in total. The SMILES string of the molecule is [Na+].[Na+].[O-]OOSc1ccc2c(O)cc(SOO[O-])cc2c1. The monoisotopic (exact) mass is 348 g/mol. The third-order valence-corrected chi connectivity index (χ3v) is 3.31. The number of phenolic OH excluding ortho intramolecular Hbond substituents is 1. The van der Waals surface area contributed by atoms with E-state index in [2.05, 4.69) is 18.7 Å². The van der Waals surface area contributed by atoms with E-state index in [4.69, 9.17) is 0 Å². The van der Waals surface area contributed by atoms with Gasteiger partial charge in [0.15, 0.2) is 0 Å². The van der Waals surface area contributed by atoms with Crippen molar-refractivity contribution in [3.63, 3.8) is 0 Å². The Morgan fingerprint density at radius 3 is 2.05 bits per heavy atom. The normalized spacial score (nSPS) is 10.0. The van der Waals surface area contributed by atoms with Crippen molar-refractivity contribution in [2.45, 2.75) is 9.79 Å². The molecule has 0 saturated carbocycles. The largest absolute Gasteiger partial charge is 1.00 e. The fraction of sp³-hybridized carbons (Fsp3) is 0. The summed E-state index contributed by atoms with van der Waals surface area (Å²) in [6, 6.07) is 8.06. The van der Waals surface area contributed by atoms with E-state index in [1.54, 1.807) is 24.3 Å². The average molecular weight is 348 g/mol. The smallest absolute Gasteiger partial charge is 0.691 e. The molecule has 7 nitrogen and oxygen atoms in total. The van der Waals surface area contributed by atoms with Crippen molar-refractivity contribution in [3.8, 4) is 5.75 Å². The zero-order valence-corrected chi connectivity index (χ0v) is 16.7. The number of phenols is 1. The van der Waals surface area contributed by atoms with Gasteiger partial charge in [-0.3, -0.25) is 10.1 Å². The Labute approximate surface area is 172 Å². The third-order valence-electron chi connectivity index (χ3n) is 2.19. The van der Waals surface area contributed by atoms with Crippen molar-refractivity contribution >= 4 is 34.9 Å². The molecule has 0 aromatic heterocycles. The second kappa shape index (κ2) is 11.5. The molecule has 0 amide bonds. The first kappa shape index (κ1) is 22.0. The van der Waals surface area contributed by atoms with Crippen molar-refractivity contribution in [1.82, 2.24) is 0 Å². The molecular weight excluding hydrogens is 342 g/mol. The summed E-state index contributed by atoms with van der Waals surface area (Å²) >= 11 is 1.40. The fourth-order valence-corrected chi connectivity index (χ4v) is 2.35. The first-order chi connectivity index (χ1) is 9.24. The summed E-state index contributed by atoms with van der Waals surface area (Å²) in [5.41, 5.74) is 0. The Balaban J connectivity index is 0.00000200. The number of aromatic hydroxyl groups is 1. The van der Waals surface area contributed by atoms with E-state index in [0.29, 0.717) is 32.6 Å². The second-order valence-corrected chi connectivity index (χ2v) is 4.81. The van der Waals surface area contributed by atoms with Gasteiger partial charge in [0.2, 0.25) is 0 Å². The van der Waals surface area contributed by atoms with Gasteiger partial charge in [0.05, 0.1) is 24.1 Å². The number of rotatable bonds is 6. The number of fused-ring (bicyclic) bond motifs is 1. The molecule has 0 heterocycles. The van der Waals surface area contributed by atoms with Gasteiger partial charge in [-0.15, -0.1) is 0 Å². The topological polar surface area (TPSA) is 103 Å². The molecule has 0 aliphatic carbocycles. The van der Waals surface area contributed by atoms with Crippen LogP contribution in [0.1, 0.15) is 0 Å². The Morgan fingerprint density at radius 2 is 1.43 bits per heavy atom. The van der Waals surface area contributed by atoms with Crippen LogP contribution in [0.15, 0.2) is 40.1 Å². The van der Waals surface area contributed by atoms with Crippen LogP contribution in [-0.4, -0.2) is 5.11 Å². The van der Waals surface area contributed by atoms with Gasteiger partial charge < -0.3 is 15.6 Å². The van der Waals surface area contributed by atoms with Gasteiger partial charge >= 0.3 is 59.1 Å². The van der Waals surface area contributed by atoms with Crippen LogP contribution in [0, 0.1) is 0 Å². The second-order valence-electron chi connectivity index (χ2n) is 3.26. The molecule has 0 unspecified atom stereocenters. The van der Waals surface area contributed by atoms with Crippen LogP contribution in [0.25, 0.3) is 10.8 Å². The van der Waals surface area contributed by atoms with Crippen molar-refractivity contribution in [1.29, 1.82) is 0 Å². The maximum absolute atomic E-state index is 9.82. The molecule has 21 heavy (non-hydrogen) atoms. The number of hydrogen-bond acceptors (Lipinski definition) is 9. The van der Waals surface area contributed by atoms with E-state index >= 15 is 0 Å². The van der Waals surface area contributed by atoms with Crippen LogP contribution >= 0.6 is 24.1 Å². The van der Waals surface area contributed by atoms with Gasteiger partial charge in [-0.2, -0.15) is 8.67 Å². The molecular formula is C10H6Na2O7S2. The molecule has 0 aliphatic rings. The molecule has 0 atom stereocenters. The average Bonchev–Trinajstić information content (AvgIpc) is 2.42. The fourth-order valence-electron chi connectivity index (χ4n) is 1.51. The summed E-state index contributed by atoms with van der Waals surface area (Å²) in [5, 5.41) is 37.1. The summed E-state index contributed by atoms with van der Waals surface area (Å²) < 4.78 is 8.38. The molecule has 0 fully saturated rings. The molecule has 11 heteroatoms. The van der Waals surface area contributed by atoms with Gasteiger partial charge in [0, 0.05) is 15.2 Å². The quantitative estimate of drug-likeness (QED) is 0.238. The van der Waals surface area contributed by atoms with E-state index in [1.165, 1.54) is 6.07 Å². The Hall–Kier alpha value is 0.960. The van der Waals surface area contributed by atoms with Gasteiger partial charge in [-0.1, -0.05) is 0 Å². The molecule has 0 saturated heterocycles. The summed E-state index contributed by atoms with van der Waals surface area (Å²) in [6.45, 7) is 0. The van der Waals surface area contributed by atoms with E-state index in [0.717, 1.165) is 12.0 Å². The van der Waals surface area contributed by atoms with Crippen LogP contribution in [0.3, 0.4) is 0 Å². The predicted octanol–water partition coefficient (Wildman–Crippen LogP) is -4.99. The van der Waals surface area contributed by atoms with Gasteiger partial charge in [-0.05, 0) is 35.7 Å².